The first-order valence-electron chi connectivity index (χ1n) is 9.68. The number of hydrogen-bond donors (Lipinski definition) is 1. The maximum Gasteiger partial charge on any atom is 0.288 e. The highest BCUT2D eigenvalue weighted by Gasteiger charge is 2.22. The minimum absolute atomic E-state index is 0.00229. The second kappa shape index (κ2) is 8.51. The molecule has 1 N–H and O–H groups in total. The van der Waals surface area contributed by atoms with Gasteiger partial charge >= 0.3 is 0 Å². The zero-order valence-electron chi connectivity index (χ0n) is 16.1. The van der Waals surface area contributed by atoms with Gasteiger partial charge in [0.1, 0.15) is 5.56 Å². The fourth-order valence-corrected chi connectivity index (χ4v) is 4.51. The quantitative estimate of drug-likeness (QED) is 0.671. The normalized spacial score (nSPS) is 16.9. The Kier molecular flexibility index (Phi) is 5.82. The Bertz CT molecular complexity index is 1080. The van der Waals surface area contributed by atoms with E-state index in [2.05, 4.69) is 27.2 Å². The zero-order chi connectivity index (χ0) is 20.4. The van der Waals surface area contributed by atoms with Crippen molar-refractivity contribution >= 4 is 38.9 Å². The lowest BCUT2D eigenvalue weighted by Gasteiger charge is -2.30. The first-order valence-corrected chi connectivity index (χ1v) is 10.9. The molecule has 1 fully saturated rings. The molecule has 9 heteroatoms. The summed E-state index contributed by atoms with van der Waals surface area (Å²) < 4.78 is 1.24. The molecule has 7 nitrogen and oxygen atoms in total. The van der Waals surface area contributed by atoms with E-state index in [1.165, 1.54) is 28.5 Å². The monoisotopic (exact) mass is 431 g/mol. The third kappa shape index (κ3) is 4.43. The summed E-state index contributed by atoms with van der Waals surface area (Å²) in [5, 5.41) is 8.68. The van der Waals surface area contributed by atoms with Crippen molar-refractivity contribution in [1.29, 1.82) is 0 Å². The number of carbonyl (C=O) groups is 1. The summed E-state index contributed by atoms with van der Waals surface area (Å²) in [5.41, 5.74) is 0.619. The van der Waals surface area contributed by atoms with Crippen molar-refractivity contribution in [2.75, 3.05) is 24.5 Å². The maximum absolute atomic E-state index is 12.8. The van der Waals surface area contributed by atoms with Crippen LogP contribution in [0.1, 0.15) is 35.7 Å². The fraction of sp³-hybridized carbons (Fsp3) is 0.400. The summed E-state index contributed by atoms with van der Waals surface area (Å²) >= 11 is 7.26. The van der Waals surface area contributed by atoms with Gasteiger partial charge in [0.25, 0.3) is 11.5 Å². The third-order valence-electron chi connectivity index (χ3n) is 5.06. The molecule has 0 saturated carbocycles. The van der Waals surface area contributed by atoms with E-state index >= 15 is 0 Å². The minimum atomic E-state index is -0.438. The van der Waals surface area contributed by atoms with Crippen molar-refractivity contribution in [3.05, 3.63) is 57.0 Å². The molecule has 4 rings (SSSR count). The fourth-order valence-electron chi connectivity index (χ4n) is 3.49. The molecule has 29 heavy (non-hydrogen) atoms. The average Bonchev–Trinajstić information content (AvgIpc) is 3.15. The van der Waals surface area contributed by atoms with Crippen molar-refractivity contribution in [2.45, 2.75) is 26.2 Å². The molecule has 1 aromatic carbocycles. The molecular weight excluding hydrogens is 410 g/mol. The lowest BCUT2D eigenvalue weighted by Crippen LogP contribution is -2.35. The van der Waals surface area contributed by atoms with E-state index in [9.17, 15) is 9.59 Å². The molecule has 0 radical (unpaired) electrons. The Morgan fingerprint density at radius 3 is 2.90 bits per heavy atom. The standard InChI is InChI=1S/C20H22ClN5O2S/c1-13-3-2-10-25(12-13)20-24-26-18(28)16(11-23-19(26)29-20)17(27)22-9-8-14-4-6-15(21)7-5-14/h4-7,11,13H,2-3,8-10,12H2,1H3,(H,22,27)/t13-/m0/s1. The van der Waals surface area contributed by atoms with E-state index in [1.54, 1.807) is 0 Å². The van der Waals surface area contributed by atoms with Gasteiger partial charge in [0.15, 0.2) is 0 Å². The number of amides is 1. The molecule has 1 aliphatic heterocycles. The van der Waals surface area contributed by atoms with E-state index in [4.69, 9.17) is 11.6 Å². The number of carbonyl (C=O) groups excluding carboxylic acids is 1. The Hall–Kier alpha value is -2.45. The average molecular weight is 432 g/mol. The van der Waals surface area contributed by atoms with E-state index in [-0.39, 0.29) is 5.56 Å². The van der Waals surface area contributed by atoms with Crippen LogP contribution in [0.5, 0.6) is 0 Å². The van der Waals surface area contributed by atoms with Crippen LogP contribution in [0.2, 0.25) is 5.02 Å². The lowest BCUT2D eigenvalue weighted by atomic mass is 10.0. The molecule has 1 saturated heterocycles. The molecule has 0 aliphatic carbocycles. The Labute approximate surface area is 177 Å². The van der Waals surface area contributed by atoms with E-state index in [0.717, 1.165) is 30.2 Å². The highest BCUT2D eigenvalue weighted by atomic mass is 35.5. The van der Waals surface area contributed by atoms with Gasteiger partial charge in [-0.2, -0.15) is 4.52 Å². The number of halogens is 1. The molecule has 3 aromatic rings. The number of rotatable bonds is 5. The van der Waals surface area contributed by atoms with Crippen LogP contribution in [0, 0.1) is 5.92 Å². The molecule has 0 bridgehead atoms. The van der Waals surface area contributed by atoms with Gasteiger partial charge in [-0.3, -0.25) is 9.59 Å². The van der Waals surface area contributed by atoms with Gasteiger partial charge in [0.05, 0.1) is 0 Å². The maximum atomic E-state index is 12.8. The van der Waals surface area contributed by atoms with Crippen molar-refractivity contribution < 1.29 is 4.79 Å². The SMILES string of the molecule is C[C@H]1CCCN(c2nn3c(=O)c(C(=O)NCCc4ccc(Cl)cc4)cnc3s2)C1. The van der Waals surface area contributed by atoms with Crippen molar-refractivity contribution in [3.63, 3.8) is 0 Å². The number of anilines is 1. The van der Waals surface area contributed by atoms with Crippen LogP contribution >= 0.6 is 22.9 Å². The van der Waals surface area contributed by atoms with Gasteiger partial charge in [0.2, 0.25) is 10.1 Å². The van der Waals surface area contributed by atoms with E-state index in [1.807, 2.05) is 24.3 Å². The molecule has 3 heterocycles. The molecule has 2 aromatic heterocycles. The van der Waals surface area contributed by atoms with Crippen molar-refractivity contribution in [2.24, 2.45) is 5.92 Å². The number of nitrogens with one attached hydrogen (secondary N) is 1. The van der Waals surface area contributed by atoms with Crippen LogP contribution in [0.4, 0.5) is 5.13 Å². The second-order valence-electron chi connectivity index (χ2n) is 7.38. The smallest absolute Gasteiger partial charge is 0.288 e. The Morgan fingerprint density at radius 2 is 2.14 bits per heavy atom. The highest BCUT2D eigenvalue weighted by molar-refractivity contribution is 7.20. The van der Waals surface area contributed by atoms with Crippen molar-refractivity contribution in [1.82, 2.24) is 19.9 Å². The molecular formula is C20H22ClN5O2S. The molecule has 0 spiro atoms. The number of fused-ring (bicyclic) bond motifs is 1. The summed E-state index contributed by atoms with van der Waals surface area (Å²) in [6.07, 6.45) is 4.31. The van der Waals surface area contributed by atoms with E-state index in [0.29, 0.717) is 28.9 Å². The Morgan fingerprint density at radius 1 is 1.34 bits per heavy atom. The van der Waals surface area contributed by atoms with Gasteiger partial charge in [-0.15, -0.1) is 5.10 Å². The number of aromatic nitrogens is 3. The topological polar surface area (TPSA) is 79.6 Å². The van der Waals surface area contributed by atoms with Gasteiger partial charge in [-0.05, 0) is 42.9 Å². The van der Waals surface area contributed by atoms with Crippen molar-refractivity contribution in [3.8, 4) is 0 Å². The lowest BCUT2D eigenvalue weighted by molar-refractivity contribution is 0.0952. The highest BCUT2D eigenvalue weighted by Crippen LogP contribution is 2.26. The molecule has 1 amide bonds. The number of hydrogen-bond acceptors (Lipinski definition) is 6. The largest absolute Gasteiger partial charge is 0.351 e. The van der Waals surface area contributed by atoms with Gasteiger partial charge < -0.3 is 10.2 Å². The summed E-state index contributed by atoms with van der Waals surface area (Å²) in [7, 11) is 0. The first-order chi connectivity index (χ1) is 14.0. The summed E-state index contributed by atoms with van der Waals surface area (Å²) in [4.78, 5) is 32.2. The van der Waals surface area contributed by atoms with Crippen LogP contribution in [-0.4, -0.2) is 40.1 Å². The van der Waals surface area contributed by atoms with Crippen LogP contribution in [0.3, 0.4) is 0 Å². The number of benzene rings is 1. The first kappa shape index (κ1) is 19.8. The van der Waals surface area contributed by atoms with Crippen LogP contribution in [0.15, 0.2) is 35.3 Å². The number of piperidine rings is 1. The van der Waals surface area contributed by atoms with Gasteiger partial charge in [-0.25, -0.2) is 4.98 Å². The van der Waals surface area contributed by atoms with Gasteiger partial charge in [0, 0.05) is 30.9 Å². The Balaban J connectivity index is 1.47. The van der Waals surface area contributed by atoms with Crippen LogP contribution in [-0.2, 0) is 6.42 Å². The molecule has 1 atom stereocenters. The summed E-state index contributed by atoms with van der Waals surface area (Å²) in [5.74, 6) is 0.162. The van der Waals surface area contributed by atoms with E-state index < -0.39 is 11.5 Å². The molecule has 1 aliphatic rings. The van der Waals surface area contributed by atoms with Crippen LogP contribution in [0.25, 0.3) is 4.96 Å². The summed E-state index contributed by atoms with van der Waals surface area (Å²) in [6.45, 7) is 4.48. The minimum Gasteiger partial charge on any atom is -0.351 e. The van der Waals surface area contributed by atoms with Gasteiger partial charge in [-0.1, -0.05) is 42.0 Å². The third-order valence-corrected chi connectivity index (χ3v) is 6.30. The number of nitrogens with zero attached hydrogens (tertiary/aromatic N) is 4. The summed E-state index contributed by atoms with van der Waals surface area (Å²) in [6, 6.07) is 7.45. The zero-order valence-corrected chi connectivity index (χ0v) is 17.7. The molecule has 152 valence electrons. The second-order valence-corrected chi connectivity index (χ2v) is 8.75. The predicted octanol–water partition coefficient (Wildman–Crippen LogP) is 3.01. The predicted molar refractivity (Wildman–Crippen MR) is 115 cm³/mol. The van der Waals surface area contributed by atoms with Crippen LogP contribution < -0.4 is 15.8 Å². The molecule has 0 unspecified atom stereocenters.